The number of hydrogen-bond acceptors (Lipinski definition) is 5. The predicted octanol–water partition coefficient (Wildman–Crippen LogP) is 4.78. The summed E-state index contributed by atoms with van der Waals surface area (Å²) in [7, 11) is 0. The number of pyridine rings is 1. The van der Waals surface area contributed by atoms with Crippen LogP contribution >= 0.6 is 0 Å². The number of fused-ring (bicyclic) bond motifs is 4. The lowest BCUT2D eigenvalue weighted by molar-refractivity contribution is -0.131. The Labute approximate surface area is 227 Å². The van der Waals surface area contributed by atoms with Gasteiger partial charge in [0.1, 0.15) is 12.5 Å². The minimum absolute atomic E-state index is 0.0670. The number of likely N-dealkylation sites (tertiary alicyclic amines) is 2. The van der Waals surface area contributed by atoms with Gasteiger partial charge in [0.25, 0.3) is 0 Å². The van der Waals surface area contributed by atoms with Gasteiger partial charge in [-0.15, -0.1) is 0 Å². The zero-order valence-corrected chi connectivity index (χ0v) is 22.6. The molecular formula is C30H35FN6O2. The third kappa shape index (κ3) is 4.32. The minimum Gasteiger partial charge on any atom is -0.372 e. The van der Waals surface area contributed by atoms with Crippen LogP contribution in [0.3, 0.4) is 0 Å². The van der Waals surface area contributed by atoms with E-state index in [-0.39, 0.29) is 12.5 Å². The zero-order chi connectivity index (χ0) is 26.7. The lowest BCUT2D eigenvalue weighted by Crippen LogP contribution is -2.42. The van der Waals surface area contributed by atoms with Gasteiger partial charge in [-0.1, -0.05) is 19.9 Å². The normalized spacial score (nSPS) is 20.6. The van der Waals surface area contributed by atoms with Crippen molar-refractivity contribution < 1.29 is 13.9 Å². The third-order valence-corrected chi connectivity index (χ3v) is 8.89. The Morgan fingerprint density at radius 2 is 1.97 bits per heavy atom. The van der Waals surface area contributed by atoms with Gasteiger partial charge in [0.05, 0.1) is 32.0 Å². The van der Waals surface area contributed by atoms with Gasteiger partial charge >= 0.3 is 0 Å². The Balaban J connectivity index is 1.15. The van der Waals surface area contributed by atoms with Crippen molar-refractivity contribution in [2.75, 3.05) is 32.7 Å². The second-order valence-electron chi connectivity index (χ2n) is 11.7. The average Bonchev–Trinajstić information content (AvgIpc) is 3.73. The molecule has 3 aliphatic rings. The summed E-state index contributed by atoms with van der Waals surface area (Å²) in [5.74, 6) is 0.860. The second-order valence-corrected chi connectivity index (χ2v) is 11.7. The number of hydrogen-bond donors (Lipinski definition) is 1. The fourth-order valence-electron chi connectivity index (χ4n) is 6.80. The standard InChI is InChI=1S/C30H35FN6O2/c1-18(2)28-22-11-20(19-5-8-35(9-6-19)14-27(38)36-10-7-21(31)12-36)3-4-26(22)34-29(28)23-13-37-30(32-17-33-37)25-16-39-15-24(23)25/h3-4,11,13,17-19,21,34H,5-10,12,14-16H2,1-2H3/t21-/m1/s1. The first kappa shape index (κ1) is 24.7. The minimum atomic E-state index is -0.862. The highest BCUT2D eigenvalue weighted by Crippen LogP contribution is 2.41. The van der Waals surface area contributed by atoms with Crippen LogP contribution in [-0.2, 0) is 22.7 Å². The number of nitrogens with zero attached hydrogens (tertiary/aromatic N) is 5. The molecule has 8 nitrogen and oxygen atoms in total. The van der Waals surface area contributed by atoms with Gasteiger partial charge in [0.2, 0.25) is 5.91 Å². The number of amides is 1. The van der Waals surface area contributed by atoms with Crippen LogP contribution in [0.1, 0.15) is 67.2 Å². The lowest BCUT2D eigenvalue weighted by atomic mass is 9.87. The molecular weight excluding hydrogens is 495 g/mol. The highest BCUT2D eigenvalue weighted by Gasteiger charge is 2.30. The molecule has 2 saturated heterocycles. The van der Waals surface area contributed by atoms with Gasteiger partial charge < -0.3 is 14.6 Å². The molecule has 39 heavy (non-hydrogen) atoms. The molecule has 0 radical (unpaired) electrons. The van der Waals surface area contributed by atoms with E-state index in [1.54, 1.807) is 11.2 Å². The molecule has 0 spiro atoms. The average molecular weight is 531 g/mol. The molecule has 3 aromatic heterocycles. The van der Waals surface area contributed by atoms with Crippen molar-refractivity contribution >= 4 is 22.5 Å². The van der Waals surface area contributed by atoms with E-state index < -0.39 is 6.17 Å². The summed E-state index contributed by atoms with van der Waals surface area (Å²) in [6.45, 7) is 8.65. The summed E-state index contributed by atoms with van der Waals surface area (Å²) < 4.78 is 21.2. The number of carbonyl (C=O) groups is 1. The number of halogens is 1. The molecule has 0 unspecified atom stereocenters. The van der Waals surface area contributed by atoms with Crippen LogP contribution in [0, 0.1) is 0 Å². The highest BCUT2D eigenvalue weighted by atomic mass is 19.1. The Hall–Kier alpha value is -3.30. The predicted molar refractivity (Wildman–Crippen MR) is 147 cm³/mol. The van der Waals surface area contributed by atoms with Crippen molar-refractivity contribution in [2.45, 2.75) is 64.3 Å². The van der Waals surface area contributed by atoms with Gasteiger partial charge in [-0.25, -0.2) is 13.9 Å². The van der Waals surface area contributed by atoms with E-state index in [2.05, 4.69) is 58.2 Å². The first-order chi connectivity index (χ1) is 19.0. The molecule has 1 aromatic carbocycles. The van der Waals surface area contributed by atoms with Crippen molar-refractivity contribution in [3.8, 4) is 11.3 Å². The molecule has 7 rings (SSSR count). The highest BCUT2D eigenvalue weighted by molar-refractivity contribution is 5.93. The van der Waals surface area contributed by atoms with Crippen LogP contribution in [0.4, 0.5) is 4.39 Å². The van der Waals surface area contributed by atoms with Crippen molar-refractivity contribution in [2.24, 2.45) is 0 Å². The maximum atomic E-state index is 13.5. The quantitative estimate of drug-likeness (QED) is 0.402. The Morgan fingerprint density at radius 3 is 2.74 bits per heavy atom. The summed E-state index contributed by atoms with van der Waals surface area (Å²) in [6, 6.07) is 6.87. The van der Waals surface area contributed by atoms with Crippen LogP contribution < -0.4 is 0 Å². The first-order valence-electron chi connectivity index (χ1n) is 14.2. The maximum Gasteiger partial charge on any atom is 0.236 e. The maximum absolute atomic E-state index is 13.5. The molecule has 0 saturated carbocycles. The first-order valence-corrected chi connectivity index (χ1v) is 14.2. The molecule has 1 atom stereocenters. The molecule has 0 bridgehead atoms. The molecule has 9 heteroatoms. The Kier molecular flexibility index (Phi) is 6.16. The molecule has 6 heterocycles. The molecule has 1 N–H and O–H groups in total. The van der Waals surface area contributed by atoms with Crippen LogP contribution in [0.5, 0.6) is 0 Å². The summed E-state index contributed by atoms with van der Waals surface area (Å²) in [5, 5.41) is 5.70. The summed E-state index contributed by atoms with van der Waals surface area (Å²) >= 11 is 0. The van der Waals surface area contributed by atoms with Crippen LogP contribution in [0.15, 0.2) is 30.7 Å². The smallest absolute Gasteiger partial charge is 0.236 e. The van der Waals surface area contributed by atoms with Crippen molar-refractivity contribution in [3.05, 3.63) is 53.0 Å². The number of ether oxygens (including phenoxy) is 1. The van der Waals surface area contributed by atoms with Gasteiger partial charge in [0.15, 0.2) is 5.65 Å². The zero-order valence-electron chi connectivity index (χ0n) is 22.6. The number of benzene rings is 1. The van der Waals surface area contributed by atoms with E-state index in [1.807, 2.05) is 4.52 Å². The van der Waals surface area contributed by atoms with E-state index in [9.17, 15) is 9.18 Å². The van der Waals surface area contributed by atoms with E-state index in [1.165, 1.54) is 22.1 Å². The third-order valence-electron chi connectivity index (χ3n) is 8.89. The van der Waals surface area contributed by atoms with Crippen molar-refractivity contribution in [1.82, 2.24) is 29.4 Å². The summed E-state index contributed by atoms with van der Waals surface area (Å²) in [4.78, 5) is 24.7. The van der Waals surface area contributed by atoms with E-state index in [4.69, 9.17) is 4.74 Å². The molecule has 204 valence electrons. The number of nitrogens with one attached hydrogen (secondary N) is 1. The van der Waals surface area contributed by atoms with Crippen molar-refractivity contribution in [3.63, 3.8) is 0 Å². The van der Waals surface area contributed by atoms with Crippen molar-refractivity contribution in [1.29, 1.82) is 0 Å². The topological polar surface area (TPSA) is 78.8 Å². The molecule has 2 fully saturated rings. The largest absolute Gasteiger partial charge is 0.372 e. The van der Waals surface area contributed by atoms with E-state index in [0.29, 0.717) is 44.6 Å². The molecule has 4 aromatic rings. The van der Waals surface area contributed by atoms with Gasteiger partial charge in [-0.2, -0.15) is 5.10 Å². The monoisotopic (exact) mass is 530 g/mol. The van der Waals surface area contributed by atoms with Gasteiger partial charge in [-0.05, 0) is 73.0 Å². The molecule has 1 amide bonds. The number of aromatic amines is 1. The van der Waals surface area contributed by atoms with Gasteiger partial charge in [0, 0.05) is 34.8 Å². The fraction of sp³-hybridized carbons (Fsp3) is 0.500. The molecule has 3 aliphatic heterocycles. The van der Waals surface area contributed by atoms with Crippen LogP contribution in [0.2, 0.25) is 0 Å². The fourth-order valence-corrected chi connectivity index (χ4v) is 6.80. The Morgan fingerprint density at radius 1 is 1.15 bits per heavy atom. The number of H-pyrrole nitrogens is 1. The number of aromatic nitrogens is 4. The number of alkyl halides is 1. The number of piperidine rings is 1. The van der Waals surface area contributed by atoms with E-state index >= 15 is 0 Å². The lowest BCUT2D eigenvalue weighted by Gasteiger charge is -2.32. The summed E-state index contributed by atoms with van der Waals surface area (Å²) in [6.07, 6.45) is 5.34. The SMILES string of the molecule is CC(C)c1c(-c2cn3ncnc3c3c2COC3)[nH]c2ccc(C3CCN(CC(=O)N4CC[C@@H](F)C4)CC3)cc12. The second kappa shape index (κ2) is 9.71. The van der Waals surface area contributed by atoms with Crippen LogP contribution in [0.25, 0.3) is 27.8 Å². The number of rotatable bonds is 5. The van der Waals surface area contributed by atoms with E-state index in [0.717, 1.165) is 53.9 Å². The number of carbonyl (C=O) groups excluding carboxylic acids is 1. The molecule has 0 aliphatic carbocycles. The van der Waals surface area contributed by atoms with Gasteiger partial charge in [-0.3, -0.25) is 9.69 Å². The summed E-state index contributed by atoms with van der Waals surface area (Å²) in [5.41, 5.74) is 9.29. The van der Waals surface area contributed by atoms with Crippen LogP contribution in [-0.4, -0.2) is 74.2 Å². The Bertz CT molecular complexity index is 1550.